The molecule has 0 fully saturated rings. The standard InChI is InChI=1S/C18H23N5O3/c1-4-18(5-2)13(10-26-12-9-7-6-8-11(12)25-3)20-14-15(23-18)21-17(19)22-16(14)24/h6-9H,4-5,10H2,1-3H3,(H4,19,21,22,23,24). The zero-order chi connectivity index (χ0) is 18.7. The molecular weight excluding hydrogens is 334 g/mol. The van der Waals surface area contributed by atoms with Crippen LogP contribution in [0.15, 0.2) is 29.3 Å². The summed E-state index contributed by atoms with van der Waals surface area (Å²) in [5.41, 5.74) is 6.23. The number of fused-ring (bicyclic) bond motifs is 1. The predicted octanol–water partition coefficient (Wildman–Crippen LogP) is 2.91. The lowest BCUT2D eigenvalue weighted by molar-refractivity contribution is 0.328. The van der Waals surface area contributed by atoms with Crippen LogP contribution in [0.25, 0.3) is 0 Å². The van der Waals surface area contributed by atoms with Gasteiger partial charge in [-0.15, -0.1) is 0 Å². The van der Waals surface area contributed by atoms with Gasteiger partial charge in [0.05, 0.1) is 18.4 Å². The van der Waals surface area contributed by atoms with Gasteiger partial charge in [-0.25, -0.2) is 4.99 Å². The van der Waals surface area contributed by atoms with Crippen LogP contribution >= 0.6 is 0 Å². The van der Waals surface area contributed by atoms with Gasteiger partial charge in [0.25, 0.3) is 0 Å². The largest absolute Gasteiger partial charge is 0.493 e. The fraction of sp³-hybridized carbons (Fsp3) is 0.389. The molecule has 0 amide bonds. The van der Waals surface area contributed by atoms with Crippen LogP contribution in [-0.4, -0.2) is 40.0 Å². The maximum atomic E-state index is 10.1. The molecule has 138 valence electrons. The first-order chi connectivity index (χ1) is 12.5. The molecule has 3 rings (SSSR count). The zero-order valence-electron chi connectivity index (χ0n) is 15.1. The molecule has 0 radical (unpaired) electrons. The van der Waals surface area contributed by atoms with Crippen molar-refractivity contribution in [2.24, 2.45) is 4.99 Å². The van der Waals surface area contributed by atoms with Crippen LogP contribution in [0.1, 0.15) is 26.7 Å². The number of nitrogens with two attached hydrogens (primary N) is 1. The molecule has 1 aromatic carbocycles. The van der Waals surface area contributed by atoms with E-state index in [1.807, 2.05) is 24.3 Å². The molecule has 0 unspecified atom stereocenters. The van der Waals surface area contributed by atoms with E-state index < -0.39 is 5.54 Å². The van der Waals surface area contributed by atoms with Gasteiger partial charge in [0.1, 0.15) is 6.61 Å². The van der Waals surface area contributed by atoms with Crippen LogP contribution in [0.3, 0.4) is 0 Å². The third kappa shape index (κ3) is 3.10. The van der Waals surface area contributed by atoms with Crippen molar-refractivity contribution in [3.63, 3.8) is 0 Å². The third-order valence-electron chi connectivity index (χ3n) is 4.68. The first-order valence-corrected chi connectivity index (χ1v) is 8.51. The van der Waals surface area contributed by atoms with Crippen molar-refractivity contribution in [1.29, 1.82) is 0 Å². The number of methoxy groups -OCH3 is 1. The van der Waals surface area contributed by atoms with E-state index in [1.54, 1.807) is 7.11 Å². The highest BCUT2D eigenvalue weighted by atomic mass is 16.5. The van der Waals surface area contributed by atoms with E-state index >= 15 is 0 Å². The van der Waals surface area contributed by atoms with Crippen molar-refractivity contribution in [2.75, 3.05) is 24.8 Å². The van der Waals surface area contributed by atoms with E-state index in [1.165, 1.54) is 0 Å². The minimum absolute atomic E-state index is 0.00113. The van der Waals surface area contributed by atoms with Gasteiger partial charge in [0, 0.05) is 0 Å². The summed E-state index contributed by atoms with van der Waals surface area (Å²) in [5.74, 6) is 1.45. The normalized spacial score (nSPS) is 14.8. The summed E-state index contributed by atoms with van der Waals surface area (Å²) >= 11 is 0. The molecule has 26 heavy (non-hydrogen) atoms. The average Bonchev–Trinajstić information content (AvgIpc) is 2.65. The summed E-state index contributed by atoms with van der Waals surface area (Å²) in [6, 6.07) is 7.43. The molecule has 0 bridgehead atoms. The monoisotopic (exact) mass is 357 g/mol. The van der Waals surface area contributed by atoms with Gasteiger partial charge in [-0.05, 0) is 25.0 Å². The fourth-order valence-electron chi connectivity index (χ4n) is 3.08. The molecule has 0 saturated carbocycles. The Kier molecular flexibility index (Phi) is 4.83. The summed E-state index contributed by atoms with van der Waals surface area (Å²) < 4.78 is 11.3. The molecule has 1 aromatic heterocycles. The maximum Gasteiger partial charge on any atom is 0.244 e. The minimum atomic E-state index is -0.442. The molecular formula is C18H23N5O3. The average molecular weight is 357 g/mol. The lowest BCUT2D eigenvalue weighted by atomic mass is 9.86. The summed E-state index contributed by atoms with van der Waals surface area (Å²) in [6.07, 6.45) is 1.53. The van der Waals surface area contributed by atoms with Gasteiger partial charge in [0.2, 0.25) is 11.8 Å². The number of para-hydroxylation sites is 2. The molecule has 2 aromatic rings. The lowest BCUT2D eigenvalue weighted by Gasteiger charge is -2.38. The van der Waals surface area contributed by atoms with Crippen molar-refractivity contribution in [3.8, 4) is 17.4 Å². The number of nitrogen functional groups attached to an aromatic ring is 1. The van der Waals surface area contributed by atoms with Crippen LogP contribution in [-0.2, 0) is 0 Å². The van der Waals surface area contributed by atoms with E-state index in [9.17, 15) is 5.11 Å². The van der Waals surface area contributed by atoms with Gasteiger partial charge < -0.3 is 25.6 Å². The zero-order valence-corrected chi connectivity index (χ0v) is 15.1. The number of benzene rings is 1. The number of aliphatic imine (C=N–C) groups is 1. The Hall–Kier alpha value is -3.03. The summed E-state index contributed by atoms with van der Waals surface area (Å²) in [7, 11) is 1.60. The molecule has 0 saturated heterocycles. The van der Waals surface area contributed by atoms with Gasteiger partial charge in [-0.3, -0.25) is 0 Å². The number of nitrogens with zero attached hydrogens (tertiary/aromatic N) is 3. The van der Waals surface area contributed by atoms with Gasteiger partial charge in [-0.2, -0.15) is 9.97 Å². The van der Waals surface area contributed by atoms with E-state index in [2.05, 4.69) is 34.1 Å². The number of hydrogen-bond donors (Lipinski definition) is 3. The number of ether oxygens (including phenoxy) is 2. The van der Waals surface area contributed by atoms with Crippen LogP contribution < -0.4 is 20.5 Å². The fourth-order valence-corrected chi connectivity index (χ4v) is 3.08. The Bertz CT molecular complexity index is 834. The van der Waals surface area contributed by atoms with Gasteiger partial charge in [0.15, 0.2) is 23.0 Å². The van der Waals surface area contributed by atoms with Crippen LogP contribution in [0.4, 0.5) is 17.5 Å². The molecule has 1 aliphatic rings. The Morgan fingerprint density at radius 1 is 1.15 bits per heavy atom. The number of anilines is 2. The molecule has 0 aliphatic carbocycles. The van der Waals surface area contributed by atoms with Crippen LogP contribution in [0, 0.1) is 0 Å². The third-order valence-corrected chi connectivity index (χ3v) is 4.68. The topological polar surface area (TPSA) is 115 Å². The highest BCUT2D eigenvalue weighted by molar-refractivity contribution is 6.02. The highest BCUT2D eigenvalue weighted by Gasteiger charge is 2.38. The summed E-state index contributed by atoms with van der Waals surface area (Å²) in [4.78, 5) is 12.6. The predicted molar refractivity (Wildman–Crippen MR) is 101 cm³/mol. The van der Waals surface area contributed by atoms with Crippen LogP contribution in [0.5, 0.6) is 17.4 Å². The van der Waals surface area contributed by atoms with Crippen molar-refractivity contribution < 1.29 is 14.6 Å². The Morgan fingerprint density at radius 3 is 2.50 bits per heavy atom. The number of hydrogen-bond acceptors (Lipinski definition) is 8. The van der Waals surface area contributed by atoms with Crippen LogP contribution in [0.2, 0.25) is 0 Å². The summed E-state index contributed by atoms with van der Waals surface area (Å²) in [5, 5.41) is 13.5. The number of rotatable bonds is 6. The molecule has 1 aliphatic heterocycles. The molecule has 4 N–H and O–H groups in total. The molecule has 0 spiro atoms. The highest BCUT2D eigenvalue weighted by Crippen LogP contribution is 2.40. The van der Waals surface area contributed by atoms with Gasteiger partial charge in [-0.1, -0.05) is 26.0 Å². The quantitative estimate of drug-likeness (QED) is 0.728. The van der Waals surface area contributed by atoms with E-state index in [-0.39, 0.29) is 24.1 Å². The van der Waals surface area contributed by atoms with Crippen molar-refractivity contribution in [3.05, 3.63) is 24.3 Å². The second-order valence-electron chi connectivity index (χ2n) is 6.01. The van der Waals surface area contributed by atoms with Gasteiger partial charge >= 0.3 is 0 Å². The van der Waals surface area contributed by atoms with Crippen molar-refractivity contribution in [2.45, 2.75) is 32.2 Å². The lowest BCUT2D eigenvalue weighted by Crippen LogP contribution is -2.49. The first kappa shape index (κ1) is 17.8. The maximum absolute atomic E-state index is 10.1. The number of aromatic nitrogens is 2. The minimum Gasteiger partial charge on any atom is -0.493 e. The molecule has 8 nitrogen and oxygen atoms in total. The number of aromatic hydroxyl groups is 1. The first-order valence-electron chi connectivity index (χ1n) is 8.51. The Morgan fingerprint density at radius 2 is 1.85 bits per heavy atom. The second-order valence-corrected chi connectivity index (χ2v) is 6.01. The summed E-state index contributed by atoms with van der Waals surface area (Å²) in [6.45, 7) is 4.35. The van der Waals surface area contributed by atoms with E-state index in [0.717, 1.165) is 18.6 Å². The Labute approximate surface area is 152 Å². The van der Waals surface area contributed by atoms with E-state index in [4.69, 9.17) is 15.2 Å². The van der Waals surface area contributed by atoms with Crippen molar-refractivity contribution >= 4 is 23.2 Å². The molecule has 2 heterocycles. The van der Waals surface area contributed by atoms with Crippen molar-refractivity contribution in [1.82, 2.24) is 9.97 Å². The van der Waals surface area contributed by atoms with E-state index in [0.29, 0.717) is 17.3 Å². The molecule has 8 heteroatoms. The molecule has 0 atom stereocenters. The number of nitrogens with one attached hydrogen (secondary N) is 1. The Balaban J connectivity index is 1.97. The smallest absolute Gasteiger partial charge is 0.244 e. The second kappa shape index (κ2) is 7.07. The SMILES string of the molecule is CCC1(CC)Nc2nc(N)nc(O)c2N=C1COc1ccccc1OC.